The highest BCUT2D eigenvalue weighted by molar-refractivity contribution is 5.98. The number of carbonyl (C=O) groups is 1. The van der Waals surface area contributed by atoms with E-state index in [1.807, 2.05) is 0 Å². The minimum atomic E-state index is -0.717. The van der Waals surface area contributed by atoms with E-state index in [0.29, 0.717) is 12.8 Å². The molecule has 2 nitrogen and oxygen atoms in total. The number of halogens is 2. The Hall–Kier alpha value is -1.29. The van der Waals surface area contributed by atoms with Crippen molar-refractivity contribution in [3.05, 3.63) is 35.4 Å². The second kappa shape index (κ2) is 4.29. The molecule has 16 heavy (non-hydrogen) atoms. The zero-order chi connectivity index (χ0) is 11.7. The maximum atomic E-state index is 12.9. The first-order valence-corrected chi connectivity index (χ1v) is 5.32. The van der Waals surface area contributed by atoms with Crippen LogP contribution in [0.4, 0.5) is 8.78 Å². The number of ketones is 1. The Morgan fingerprint density at radius 1 is 1.19 bits per heavy atom. The van der Waals surface area contributed by atoms with E-state index >= 15 is 0 Å². The molecule has 0 amide bonds. The fourth-order valence-electron chi connectivity index (χ4n) is 2.19. The van der Waals surface area contributed by atoms with Crippen molar-refractivity contribution in [2.75, 3.05) is 0 Å². The molecule has 2 atom stereocenters. The minimum absolute atomic E-state index is 0.0346. The van der Waals surface area contributed by atoms with Crippen LogP contribution >= 0.6 is 0 Å². The third-order valence-corrected chi connectivity index (χ3v) is 2.99. The van der Waals surface area contributed by atoms with Crippen LogP contribution in [0.15, 0.2) is 18.2 Å². The average Bonchev–Trinajstić information content (AvgIpc) is 2.62. The molecule has 2 unspecified atom stereocenters. The first kappa shape index (κ1) is 11.2. The van der Waals surface area contributed by atoms with Gasteiger partial charge in [-0.05, 0) is 31.4 Å². The Kier molecular flexibility index (Phi) is 3.01. The largest absolute Gasteiger partial charge is 0.328 e. The van der Waals surface area contributed by atoms with Crippen LogP contribution in [0.25, 0.3) is 0 Å². The van der Waals surface area contributed by atoms with E-state index in [1.54, 1.807) is 0 Å². The predicted octanol–water partition coefficient (Wildman–Crippen LogP) is 2.27. The molecule has 86 valence electrons. The van der Waals surface area contributed by atoms with E-state index in [9.17, 15) is 13.6 Å². The molecule has 0 bridgehead atoms. The molecular formula is C12H13F2NO. The van der Waals surface area contributed by atoms with Gasteiger partial charge in [-0.3, -0.25) is 4.79 Å². The van der Waals surface area contributed by atoms with Crippen LogP contribution in [0.5, 0.6) is 0 Å². The first-order valence-electron chi connectivity index (χ1n) is 5.32. The van der Waals surface area contributed by atoms with Gasteiger partial charge in [0.15, 0.2) is 5.78 Å². The molecule has 0 radical (unpaired) electrons. The smallest absolute Gasteiger partial charge is 0.166 e. The van der Waals surface area contributed by atoms with Crippen LogP contribution in [0, 0.1) is 17.6 Å². The standard InChI is InChI=1S/C12H13F2NO/c13-9-3-8(4-10(14)6-9)12(16)7-1-2-11(15)5-7/h3-4,6-7,11H,1-2,5,15H2. The SMILES string of the molecule is NC1CCC(C(=O)c2cc(F)cc(F)c2)C1. The molecule has 0 aromatic heterocycles. The lowest BCUT2D eigenvalue weighted by molar-refractivity contribution is 0.0921. The van der Waals surface area contributed by atoms with E-state index in [4.69, 9.17) is 5.73 Å². The summed E-state index contributed by atoms with van der Waals surface area (Å²) in [6.07, 6.45) is 2.11. The quantitative estimate of drug-likeness (QED) is 0.784. The Morgan fingerprint density at radius 3 is 2.31 bits per heavy atom. The number of nitrogens with two attached hydrogens (primary N) is 1. The zero-order valence-corrected chi connectivity index (χ0v) is 8.75. The Labute approximate surface area is 92.4 Å². The Bertz CT molecular complexity index is 399. The van der Waals surface area contributed by atoms with Crippen LogP contribution in [0.2, 0.25) is 0 Å². The Balaban J connectivity index is 2.20. The van der Waals surface area contributed by atoms with Gasteiger partial charge in [-0.15, -0.1) is 0 Å². The van der Waals surface area contributed by atoms with Gasteiger partial charge in [0.1, 0.15) is 11.6 Å². The lowest BCUT2D eigenvalue weighted by Gasteiger charge is -2.08. The summed E-state index contributed by atoms with van der Waals surface area (Å²) in [5, 5.41) is 0. The zero-order valence-electron chi connectivity index (χ0n) is 8.75. The molecule has 0 spiro atoms. The highest BCUT2D eigenvalue weighted by Gasteiger charge is 2.28. The summed E-state index contributed by atoms with van der Waals surface area (Å²) in [5.74, 6) is -1.82. The summed E-state index contributed by atoms with van der Waals surface area (Å²) in [4.78, 5) is 11.9. The average molecular weight is 225 g/mol. The normalized spacial score (nSPS) is 24.7. The molecule has 1 aromatic rings. The molecular weight excluding hydrogens is 212 g/mol. The Morgan fingerprint density at radius 2 is 1.81 bits per heavy atom. The van der Waals surface area contributed by atoms with Gasteiger partial charge in [0.2, 0.25) is 0 Å². The molecule has 0 heterocycles. The first-order chi connectivity index (χ1) is 7.56. The van der Waals surface area contributed by atoms with Crippen LogP contribution in [0.3, 0.4) is 0 Å². The lowest BCUT2D eigenvalue weighted by Crippen LogP contribution is -2.18. The number of rotatable bonds is 2. The van der Waals surface area contributed by atoms with Crippen molar-refractivity contribution in [1.29, 1.82) is 0 Å². The highest BCUT2D eigenvalue weighted by Crippen LogP contribution is 2.27. The van der Waals surface area contributed by atoms with Crippen molar-refractivity contribution in [2.45, 2.75) is 25.3 Å². The van der Waals surface area contributed by atoms with Gasteiger partial charge in [0.05, 0.1) is 0 Å². The molecule has 1 aromatic carbocycles. The number of benzene rings is 1. The van der Waals surface area contributed by atoms with E-state index in [0.717, 1.165) is 24.6 Å². The summed E-state index contributed by atoms with van der Waals surface area (Å²) >= 11 is 0. The molecule has 0 saturated heterocycles. The molecule has 0 aliphatic heterocycles. The van der Waals surface area contributed by atoms with Crippen molar-refractivity contribution in [3.63, 3.8) is 0 Å². The maximum Gasteiger partial charge on any atom is 0.166 e. The van der Waals surface area contributed by atoms with Crippen molar-refractivity contribution in [1.82, 2.24) is 0 Å². The number of hydrogen-bond donors (Lipinski definition) is 1. The summed E-state index contributed by atoms with van der Waals surface area (Å²) in [7, 11) is 0. The van der Waals surface area contributed by atoms with E-state index in [1.165, 1.54) is 0 Å². The summed E-state index contributed by atoms with van der Waals surface area (Å²) in [5.41, 5.74) is 5.81. The molecule has 4 heteroatoms. The molecule has 1 fully saturated rings. The van der Waals surface area contributed by atoms with Gasteiger partial charge < -0.3 is 5.73 Å². The van der Waals surface area contributed by atoms with E-state index in [-0.39, 0.29) is 23.3 Å². The third kappa shape index (κ3) is 2.27. The number of Topliss-reactive ketones (excluding diaryl/α,β-unsaturated/α-hetero) is 1. The summed E-state index contributed by atoms with van der Waals surface area (Å²) in [6, 6.07) is 2.95. The molecule has 1 aliphatic carbocycles. The lowest BCUT2D eigenvalue weighted by atomic mass is 9.96. The number of hydrogen-bond acceptors (Lipinski definition) is 2. The van der Waals surface area contributed by atoms with Crippen molar-refractivity contribution >= 4 is 5.78 Å². The minimum Gasteiger partial charge on any atom is -0.328 e. The van der Waals surface area contributed by atoms with Gasteiger partial charge in [-0.2, -0.15) is 0 Å². The van der Waals surface area contributed by atoms with E-state index < -0.39 is 11.6 Å². The van der Waals surface area contributed by atoms with Gasteiger partial charge in [0, 0.05) is 23.6 Å². The third-order valence-electron chi connectivity index (χ3n) is 2.99. The molecule has 1 aliphatic rings. The monoisotopic (exact) mass is 225 g/mol. The van der Waals surface area contributed by atoms with Crippen molar-refractivity contribution in [3.8, 4) is 0 Å². The van der Waals surface area contributed by atoms with Crippen molar-refractivity contribution < 1.29 is 13.6 Å². The second-order valence-corrected chi connectivity index (χ2v) is 4.29. The van der Waals surface area contributed by atoms with Gasteiger partial charge in [-0.1, -0.05) is 0 Å². The molecule has 1 saturated carbocycles. The van der Waals surface area contributed by atoms with Crippen LogP contribution < -0.4 is 5.73 Å². The highest BCUT2D eigenvalue weighted by atomic mass is 19.1. The fraction of sp³-hybridized carbons (Fsp3) is 0.417. The summed E-state index contributed by atoms with van der Waals surface area (Å²) in [6.45, 7) is 0. The molecule has 2 rings (SSSR count). The van der Waals surface area contributed by atoms with Gasteiger partial charge in [-0.25, -0.2) is 8.78 Å². The predicted molar refractivity (Wildman–Crippen MR) is 56.0 cm³/mol. The molecule has 2 N–H and O–H groups in total. The topological polar surface area (TPSA) is 43.1 Å². The maximum absolute atomic E-state index is 12.9. The van der Waals surface area contributed by atoms with Crippen LogP contribution in [-0.2, 0) is 0 Å². The second-order valence-electron chi connectivity index (χ2n) is 4.29. The van der Waals surface area contributed by atoms with Crippen molar-refractivity contribution in [2.24, 2.45) is 11.7 Å². The van der Waals surface area contributed by atoms with Gasteiger partial charge >= 0.3 is 0 Å². The van der Waals surface area contributed by atoms with E-state index in [2.05, 4.69) is 0 Å². The van der Waals surface area contributed by atoms with Crippen LogP contribution in [0.1, 0.15) is 29.6 Å². The van der Waals surface area contributed by atoms with Crippen LogP contribution in [-0.4, -0.2) is 11.8 Å². The fourth-order valence-corrected chi connectivity index (χ4v) is 2.19. The van der Waals surface area contributed by atoms with Gasteiger partial charge in [0.25, 0.3) is 0 Å². The number of carbonyl (C=O) groups excluding carboxylic acids is 1. The summed E-state index contributed by atoms with van der Waals surface area (Å²) < 4.78 is 25.9.